The maximum absolute atomic E-state index is 12.0. The highest BCUT2D eigenvalue weighted by Crippen LogP contribution is 2.43. The van der Waals surface area contributed by atoms with Crippen LogP contribution in [0.15, 0.2) is 30.3 Å². The Balaban J connectivity index is 2.48. The molecule has 86 valence electrons. The van der Waals surface area contributed by atoms with Crippen LogP contribution in [0.2, 0.25) is 0 Å². The second kappa shape index (κ2) is 4.18. The minimum atomic E-state index is -1.03. The maximum atomic E-state index is 12.0. The van der Waals surface area contributed by atoms with Crippen LogP contribution in [0.3, 0.4) is 0 Å². The van der Waals surface area contributed by atoms with Gasteiger partial charge in [-0.1, -0.05) is 36.3 Å². The van der Waals surface area contributed by atoms with E-state index in [4.69, 9.17) is 6.42 Å². The fourth-order valence-electron chi connectivity index (χ4n) is 2.47. The average Bonchev–Trinajstić information content (AvgIpc) is 2.60. The summed E-state index contributed by atoms with van der Waals surface area (Å²) in [4.78, 5) is 23.9. The van der Waals surface area contributed by atoms with Crippen molar-refractivity contribution in [1.82, 2.24) is 0 Å². The highest BCUT2D eigenvalue weighted by Gasteiger charge is 2.50. The first kappa shape index (κ1) is 11.6. The molecule has 0 bridgehead atoms. The monoisotopic (exact) mass is 226 g/mol. The van der Waals surface area contributed by atoms with Crippen LogP contribution in [0.4, 0.5) is 0 Å². The highest BCUT2D eigenvalue weighted by atomic mass is 16.2. The van der Waals surface area contributed by atoms with E-state index >= 15 is 0 Å². The molecule has 1 atom stereocenters. The van der Waals surface area contributed by atoms with Crippen LogP contribution in [-0.4, -0.2) is 11.6 Å². The molecule has 0 heterocycles. The molecule has 0 N–H and O–H groups in total. The minimum Gasteiger partial charge on any atom is -0.299 e. The Bertz CT molecular complexity index is 477. The third kappa shape index (κ3) is 1.68. The summed E-state index contributed by atoms with van der Waals surface area (Å²) in [5.74, 6) is 2.10. The van der Waals surface area contributed by atoms with Crippen LogP contribution < -0.4 is 0 Å². The third-order valence-corrected chi connectivity index (χ3v) is 3.61. The van der Waals surface area contributed by atoms with Gasteiger partial charge in [0.2, 0.25) is 0 Å². The summed E-state index contributed by atoms with van der Waals surface area (Å²) in [6.07, 6.45) is 6.18. The van der Waals surface area contributed by atoms with Crippen LogP contribution in [0.5, 0.6) is 0 Å². The van der Waals surface area contributed by atoms with E-state index in [1.54, 1.807) is 6.92 Å². The van der Waals surface area contributed by atoms with Crippen LogP contribution in [0.25, 0.3) is 0 Å². The Labute approximate surface area is 101 Å². The van der Waals surface area contributed by atoms with Crippen molar-refractivity contribution in [3.8, 4) is 12.3 Å². The van der Waals surface area contributed by atoms with Gasteiger partial charge >= 0.3 is 0 Å². The molecular formula is C15H14O2. The molecule has 2 nitrogen and oxygen atoms in total. The number of benzene rings is 1. The van der Waals surface area contributed by atoms with Crippen molar-refractivity contribution in [2.45, 2.75) is 25.7 Å². The molecule has 1 saturated carbocycles. The molecule has 1 aliphatic carbocycles. The van der Waals surface area contributed by atoms with E-state index in [9.17, 15) is 9.59 Å². The van der Waals surface area contributed by atoms with Gasteiger partial charge in [-0.05, 0) is 12.5 Å². The number of carbonyl (C=O) groups excluding carboxylic acids is 2. The van der Waals surface area contributed by atoms with E-state index in [-0.39, 0.29) is 11.6 Å². The summed E-state index contributed by atoms with van der Waals surface area (Å²) in [7, 11) is 0. The third-order valence-electron chi connectivity index (χ3n) is 3.61. The van der Waals surface area contributed by atoms with E-state index in [1.807, 2.05) is 30.3 Å². The van der Waals surface area contributed by atoms with Gasteiger partial charge < -0.3 is 0 Å². The molecule has 1 aromatic carbocycles. The minimum absolute atomic E-state index is 0.0331. The lowest BCUT2D eigenvalue weighted by Crippen LogP contribution is -2.35. The number of terminal acetylenes is 1. The Morgan fingerprint density at radius 1 is 1.18 bits per heavy atom. The predicted molar refractivity (Wildman–Crippen MR) is 65.4 cm³/mol. The molecule has 2 rings (SSSR count). The predicted octanol–water partition coefficient (Wildman–Crippen LogP) is 2.34. The summed E-state index contributed by atoms with van der Waals surface area (Å²) in [6, 6.07) is 9.36. The van der Waals surface area contributed by atoms with Gasteiger partial charge in [0.05, 0.1) is 5.92 Å². The molecule has 1 fully saturated rings. The highest BCUT2D eigenvalue weighted by molar-refractivity contribution is 6.13. The molecule has 1 aliphatic rings. The summed E-state index contributed by atoms with van der Waals surface area (Å²) in [5.41, 5.74) is -0.170. The summed E-state index contributed by atoms with van der Waals surface area (Å²) in [6.45, 7) is 1.68. The molecule has 0 amide bonds. The van der Waals surface area contributed by atoms with E-state index < -0.39 is 11.3 Å². The first-order valence-corrected chi connectivity index (χ1v) is 5.68. The van der Waals surface area contributed by atoms with Crippen molar-refractivity contribution in [2.24, 2.45) is 5.41 Å². The standard InChI is InChI=1S/C15H14O2/c1-3-12(11-7-5-4-6-8-11)15(2)13(16)9-10-14(15)17/h1,4-8,12H,9-10H2,2H3/t12-/m0/s1. The molecule has 0 unspecified atom stereocenters. The summed E-state index contributed by atoms with van der Waals surface area (Å²) in [5, 5.41) is 0. The van der Waals surface area contributed by atoms with Crippen molar-refractivity contribution in [3.05, 3.63) is 35.9 Å². The van der Waals surface area contributed by atoms with Gasteiger partial charge in [0.15, 0.2) is 0 Å². The number of rotatable bonds is 2. The normalized spacial score (nSPS) is 20.0. The molecule has 0 saturated heterocycles. The SMILES string of the molecule is C#C[C@@H](c1ccccc1)C1(C)C(=O)CCC1=O. The molecule has 0 aromatic heterocycles. The van der Waals surface area contributed by atoms with Gasteiger partial charge in [0, 0.05) is 12.8 Å². The van der Waals surface area contributed by atoms with Crippen molar-refractivity contribution in [2.75, 3.05) is 0 Å². The fraction of sp³-hybridized carbons (Fsp3) is 0.333. The van der Waals surface area contributed by atoms with Gasteiger partial charge in [0.1, 0.15) is 17.0 Å². The van der Waals surface area contributed by atoms with Crippen LogP contribution in [0, 0.1) is 17.8 Å². The smallest absolute Gasteiger partial charge is 0.148 e. The molecule has 0 spiro atoms. The van der Waals surface area contributed by atoms with Crippen molar-refractivity contribution < 1.29 is 9.59 Å². The molecule has 0 aliphatic heterocycles. The molecule has 0 radical (unpaired) electrons. The Morgan fingerprint density at radius 3 is 2.18 bits per heavy atom. The zero-order chi connectivity index (χ0) is 12.5. The zero-order valence-corrected chi connectivity index (χ0v) is 9.77. The Kier molecular flexibility index (Phi) is 2.85. The summed E-state index contributed by atoms with van der Waals surface area (Å²) < 4.78 is 0. The fourth-order valence-corrected chi connectivity index (χ4v) is 2.47. The van der Waals surface area contributed by atoms with Gasteiger partial charge in [-0.2, -0.15) is 0 Å². The molecule has 1 aromatic rings. The van der Waals surface area contributed by atoms with Crippen molar-refractivity contribution in [3.63, 3.8) is 0 Å². The quantitative estimate of drug-likeness (QED) is 0.573. The molecule has 17 heavy (non-hydrogen) atoms. The van der Waals surface area contributed by atoms with Crippen LogP contribution >= 0.6 is 0 Å². The van der Waals surface area contributed by atoms with Crippen molar-refractivity contribution >= 4 is 11.6 Å². The number of hydrogen-bond donors (Lipinski definition) is 0. The lowest BCUT2D eigenvalue weighted by molar-refractivity contribution is -0.134. The first-order chi connectivity index (χ1) is 8.10. The number of ketones is 2. The lowest BCUT2D eigenvalue weighted by Gasteiger charge is -2.27. The topological polar surface area (TPSA) is 34.1 Å². The van der Waals surface area contributed by atoms with Crippen molar-refractivity contribution in [1.29, 1.82) is 0 Å². The van der Waals surface area contributed by atoms with Gasteiger partial charge in [-0.25, -0.2) is 0 Å². The largest absolute Gasteiger partial charge is 0.299 e. The first-order valence-electron chi connectivity index (χ1n) is 5.68. The van der Waals surface area contributed by atoms with Crippen LogP contribution in [-0.2, 0) is 9.59 Å². The van der Waals surface area contributed by atoms with Gasteiger partial charge in [-0.3, -0.25) is 9.59 Å². The lowest BCUT2D eigenvalue weighted by atomic mass is 9.71. The number of carbonyl (C=O) groups is 2. The maximum Gasteiger partial charge on any atom is 0.148 e. The van der Waals surface area contributed by atoms with Crippen LogP contribution in [0.1, 0.15) is 31.2 Å². The summed E-state index contributed by atoms with van der Waals surface area (Å²) >= 11 is 0. The molecule has 2 heteroatoms. The van der Waals surface area contributed by atoms with E-state index in [0.717, 1.165) is 5.56 Å². The molecular weight excluding hydrogens is 212 g/mol. The second-order valence-electron chi connectivity index (χ2n) is 4.56. The van der Waals surface area contributed by atoms with E-state index in [0.29, 0.717) is 12.8 Å². The average molecular weight is 226 g/mol. The Hall–Kier alpha value is -1.88. The Morgan fingerprint density at radius 2 is 1.71 bits per heavy atom. The zero-order valence-electron chi connectivity index (χ0n) is 9.77. The van der Waals surface area contributed by atoms with Gasteiger partial charge in [-0.15, -0.1) is 6.42 Å². The number of hydrogen-bond acceptors (Lipinski definition) is 2. The second-order valence-corrected chi connectivity index (χ2v) is 4.56. The number of Topliss-reactive ketones (excluding diaryl/α,β-unsaturated/α-hetero) is 2. The van der Waals surface area contributed by atoms with E-state index in [1.165, 1.54) is 0 Å². The van der Waals surface area contributed by atoms with Gasteiger partial charge in [0.25, 0.3) is 0 Å². The van der Waals surface area contributed by atoms with E-state index in [2.05, 4.69) is 5.92 Å².